The highest BCUT2D eigenvalue weighted by atomic mass is 19.1. The molecule has 0 radical (unpaired) electrons. The maximum Gasteiger partial charge on any atom is 0.407 e. The third-order valence-electron chi connectivity index (χ3n) is 4.52. The van der Waals surface area contributed by atoms with Gasteiger partial charge in [-0.3, -0.25) is 0 Å². The molecule has 0 atom stereocenters. The number of hydrogen-bond acceptors (Lipinski definition) is 8. The van der Waals surface area contributed by atoms with Gasteiger partial charge in [-0.05, 0) is 79.1 Å². The Kier molecular flexibility index (Phi) is 15.3. The summed E-state index contributed by atoms with van der Waals surface area (Å²) in [6, 6.07) is 4.24. The molecule has 0 aliphatic rings. The number of carbonyl (C=O) groups excluding carboxylic acids is 2. The lowest BCUT2D eigenvalue weighted by molar-refractivity contribution is 0.00689. The predicted octanol–water partition coefficient (Wildman–Crippen LogP) is 4.23. The number of alkyl carbamates (subject to hydrolysis) is 1. The highest BCUT2D eigenvalue weighted by Gasteiger charge is 2.19. The van der Waals surface area contributed by atoms with Crippen molar-refractivity contribution in [2.75, 3.05) is 52.7 Å². The van der Waals surface area contributed by atoms with E-state index in [0.29, 0.717) is 76.8 Å². The third-order valence-corrected chi connectivity index (χ3v) is 4.52. The molecule has 0 spiro atoms. The smallest absolute Gasteiger partial charge is 0.407 e. The van der Waals surface area contributed by atoms with Crippen LogP contribution >= 0.6 is 0 Å². The lowest BCUT2D eigenvalue weighted by Crippen LogP contribution is -2.33. The molecule has 212 valence electrons. The second-order valence-corrected chi connectivity index (χ2v) is 10.5. The Hall–Kier alpha value is -2.27. The summed E-state index contributed by atoms with van der Waals surface area (Å²) >= 11 is 0. The SMILES string of the molecule is CC(C)(C)OC(=O)NCCCOCCOCCOCCCNCc1cc(C(=O)OC(C)(C)C)ccc1F. The van der Waals surface area contributed by atoms with Gasteiger partial charge in [-0.1, -0.05) is 0 Å². The first-order valence-electron chi connectivity index (χ1n) is 12.8. The number of esters is 1. The number of amides is 1. The van der Waals surface area contributed by atoms with Crippen molar-refractivity contribution in [3.05, 3.63) is 35.1 Å². The van der Waals surface area contributed by atoms with E-state index in [0.717, 1.165) is 6.42 Å². The summed E-state index contributed by atoms with van der Waals surface area (Å²) in [5.74, 6) is -0.835. The van der Waals surface area contributed by atoms with Gasteiger partial charge in [-0.15, -0.1) is 0 Å². The van der Waals surface area contributed by atoms with E-state index in [-0.39, 0.29) is 5.82 Å². The molecule has 0 bridgehead atoms. The van der Waals surface area contributed by atoms with Gasteiger partial charge >= 0.3 is 12.1 Å². The quantitative estimate of drug-likeness (QED) is 0.229. The summed E-state index contributed by atoms with van der Waals surface area (Å²) < 4.78 is 41.0. The monoisotopic (exact) mass is 528 g/mol. The average molecular weight is 529 g/mol. The van der Waals surface area contributed by atoms with E-state index in [1.165, 1.54) is 18.2 Å². The summed E-state index contributed by atoms with van der Waals surface area (Å²) in [6.45, 7) is 15.3. The zero-order chi connectivity index (χ0) is 27.7. The van der Waals surface area contributed by atoms with E-state index in [1.807, 2.05) is 20.8 Å². The molecule has 10 heteroatoms. The van der Waals surface area contributed by atoms with Crippen LogP contribution in [0.3, 0.4) is 0 Å². The first-order chi connectivity index (χ1) is 17.4. The summed E-state index contributed by atoms with van der Waals surface area (Å²) in [5.41, 5.74) is -0.360. The van der Waals surface area contributed by atoms with Gasteiger partial charge in [0.05, 0.1) is 32.0 Å². The Morgan fingerprint density at radius 2 is 1.32 bits per heavy atom. The van der Waals surface area contributed by atoms with Gasteiger partial charge in [0.1, 0.15) is 17.0 Å². The molecule has 0 aliphatic carbocycles. The van der Waals surface area contributed by atoms with Crippen LogP contribution in [0.5, 0.6) is 0 Å². The molecule has 37 heavy (non-hydrogen) atoms. The molecule has 2 N–H and O–H groups in total. The summed E-state index contributed by atoms with van der Waals surface area (Å²) in [4.78, 5) is 23.7. The van der Waals surface area contributed by atoms with Crippen LogP contribution in [0.4, 0.5) is 9.18 Å². The van der Waals surface area contributed by atoms with Crippen molar-refractivity contribution in [1.82, 2.24) is 10.6 Å². The number of ether oxygens (including phenoxy) is 5. The fourth-order valence-electron chi connectivity index (χ4n) is 2.92. The molecule has 0 aliphatic heterocycles. The molecule has 1 aromatic carbocycles. The molecule has 1 rings (SSSR count). The number of halogens is 1. The maximum atomic E-state index is 14.1. The van der Waals surface area contributed by atoms with Gasteiger partial charge in [-0.2, -0.15) is 0 Å². The van der Waals surface area contributed by atoms with Crippen LogP contribution in [0.1, 0.15) is 70.3 Å². The lowest BCUT2D eigenvalue weighted by Gasteiger charge is -2.19. The minimum atomic E-state index is -0.605. The van der Waals surface area contributed by atoms with Gasteiger partial charge in [0.25, 0.3) is 0 Å². The Labute approximate surface area is 220 Å². The van der Waals surface area contributed by atoms with Crippen LogP contribution in [0, 0.1) is 5.82 Å². The largest absolute Gasteiger partial charge is 0.456 e. The van der Waals surface area contributed by atoms with Gasteiger partial charge in [0, 0.05) is 31.9 Å². The normalized spacial score (nSPS) is 11.9. The molecule has 0 saturated heterocycles. The maximum absolute atomic E-state index is 14.1. The topological polar surface area (TPSA) is 104 Å². The van der Waals surface area contributed by atoms with Crippen LogP contribution in [0.2, 0.25) is 0 Å². The number of benzene rings is 1. The third kappa shape index (κ3) is 17.8. The molecular formula is C27H45FN2O7. The van der Waals surface area contributed by atoms with Gasteiger partial charge in [0.2, 0.25) is 0 Å². The number of nitrogens with one attached hydrogen (secondary N) is 2. The Morgan fingerprint density at radius 3 is 1.89 bits per heavy atom. The average Bonchev–Trinajstić information content (AvgIpc) is 2.77. The van der Waals surface area contributed by atoms with E-state index in [4.69, 9.17) is 23.7 Å². The molecule has 0 unspecified atom stereocenters. The van der Waals surface area contributed by atoms with Crippen molar-refractivity contribution in [3.63, 3.8) is 0 Å². The van der Waals surface area contributed by atoms with Crippen molar-refractivity contribution < 1.29 is 37.7 Å². The van der Waals surface area contributed by atoms with Crippen LogP contribution in [0.15, 0.2) is 18.2 Å². The van der Waals surface area contributed by atoms with Gasteiger partial charge in [0.15, 0.2) is 0 Å². The lowest BCUT2D eigenvalue weighted by atomic mass is 10.1. The molecule has 0 aromatic heterocycles. The van der Waals surface area contributed by atoms with Gasteiger partial charge < -0.3 is 34.3 Å². The predicted molar refractivity (Wildman–Crippen MR) is 139 cm³/mol. The van der Waals surface area contributed by atoms with E-state index < -0.39 is 23.3 Å². The van der Waals surface area contributed by atoms with E-state index >= 15 is 0 Å². The zero-order valence-corrected chi connectivity index (χ0v) is 23.2. The first kappa shape index (κ1) is 32.8. The number of rotatable bonds is 17. The minimum absolute atomic E-state index is 0.308. The zero-order valence-electron chi connectivity index (χ0n) is 23.2. The molecule has 1 amide bonds. The van der Waals surface area contributed by atoms with Crippen molar-refractivity contribution in [2.45, 2.75) is 72.1 Å². The molecule has 9 nitrogen and oxygen atoms in total. The second-order valence-electron chi connectivity index (χ2n) is 10.5. The van der Waals surface area contributed by atoms with E-state index in [1.54, 1.807) is 20.8 Å². The van der Waals surface area contributed by atoms with E-state index in [2.05, 4.69) is 10.6 Å². The Morgan fingerprint density at radius 1 is 0.784 bits per heavy atom. The first-order valence-corrected chi connectivity index (χ1v) is 12.8. The summed E-state index contributed by atoms with van der Waals surface area (Å²) in [7, 11) is 0. The standard InChI is InChI=1S/C27H45FN2O7/c1-26(2,3)36-24(31)21-9-10-23(28)22(19-21)20-29-11-7-13-33-15-17-35-18-16-34-14-8-12-30-25(32)37-27(4,5)6/h9-10,19,29H,7-8,11-18,20H2,1-6H3,(H,30,32). The highest BCUT2D eigenvalue weighted by Crippen LogP contribution is 2.15. The highest BCUT2D eigenvalue weighted by molar-refractivity contribution is 5.89. The molecule has 0 heterocycles. The Balaban J connectivity index is 1.98. The van der Waals surface area contributed by atoms with Crippen LogP contribution < -0.4 is 10.6 Å². The number of carbonyl (C=O) groups is 2. The van der Waals surface area contributed by atoms with Crippen molar-refractivity contribution >= 4 is 12.1 Å². The van der Waals surface area contributed by atoms with Crippen molar-refractivity contribution in [1.29, 1.82) is 0 Å². The van der Waals surface area contributed by atoms with Gasteiger partial charge in [-0.25, -0.2) is 14.0 Å². The second kappa shape index (κ2) is 17.3. The molecule has 0 saturated carbocycles. The fourth-order valence-corrected chi connectivity index (χ4v) is 2.92. The summed E-state index contributed by atoms with van der Waals surface area (Å²) in [5, 5.41) is 5.84. The molecule has 0 fully saturated rings. The fraction of sp³-hybridized carbons (Fsp3) is 0.704. The molecular weight excluding hydrogens is 483 g/mol. The molecule has 1 aromatic rings. The van der Waals surface area contributed by atoms with Crippen molar-refractivity contribution in [2.24, 2.45) is 0 Å². The van der Waals surface area contributed by atoms with Crippen molar-refractivity contribution in [3.8, 4) is 0 Å². The minimum Gasteiger partial charge on any atom is -0.456 e. The Bertz CT molecular complexity index is 807. The van der Waals surface area contributed by atoms with Crippen LogP contribution in [0.25, 0.3) is 0 Å². The van der Waals surface area contributed by atoms with Crippen LogP contribution in [-0.2, 0) is 30.2 Å². The summed E-state index contributed by atoms with van der Waals surface area (Å²) in [6.07, 6.45) is 1.03. The van der Waals surface area contributed by atoms with Crippen LogP contribution in [-0.4, -0.2) is 76.0 Å². The number of hydrogen-bond donors (Lipinski definition) is 2. The van der Waals surface area contributed by atoms with E-state index in [9.17, 15) is 14.0 Å².